The quantitative estimate of drug-likeness (QED) is 0.385. The van der Waals surface area contributed by atoms with Gasteiger partial charge in [-0.2, -0.15) is 10.2 Å². The lowest BCUT2D eigenvalue weighted by atomic mass is 10.1. The van der Waals surface area contributed by atoms with E-state index >= 15 is 0 Å². The van der Waals surface area contributed by atoms with Gasteiger partial charge in [-0.15, -0.1) is 0 Å². The highest BCUT2D eigenvalue weighted by atomic mass is 32.2. The number of primary amides is 1. The molecule has 149 valence electrons. The fourth-order valence-electron chi connectivity index (χ4n) is 2.33. The van der Waals surface area contributed by atoms with Gasteiger partial charge in [-0.3, -0.25) is 4.79 Å². The first-order valence-corrected chi connectivity index (χ1v) is 9.86. The van der Waals surface area contributed by atoms with Gasteiger partial charge in [0.15, 0.2) is 0 Å². The lowest BCUT2D eigenvalue weighted by Gasteiger charge is -2.18. The third-order valence-corrected chi connectivity index (χ3v) is 5.14. The van der Waals surface area contributed by atoms with E-state index < -0.39 is 27.9 Å². The van der Waals surface area contributed by atoms with Gasteiger partial charge in [0.2, 0.25) is 15.9 Å². The number of carbonyl (C=O) groups excluding carboxylic acids is 2. The minimum Gasteiger partial charge on any atom is -0.370 e. The summed E-state index contributed by atoms with van der Waals surface area (Å²) >= 11 is 0. The molecule has 0 aromatic heterocycles. The largest absolute Gasteiger partial charge is 0.370 e. The van der Waals surface area contributed by atoms with Gasteiger partial charge in [0, 0.05) is 13.0 Å². The summed E-state index contributed by atoms with van der Waals surface area (Å²) < 4.78 is 27.5. The fraction of sp³-hybridized carbons (Fsp3) is 0.222. The molecular weight excluding hydrogens is 384 g/mol. The Morgan fingerprint density at radius 3 is 2.46 bits per heavy atom. The molecule has 0 spiro atoms. The number of amides is 1. The summed E-state index contributed by atoms with van der Waals surface area (Å²) in [6.07, 6.45) is -0.0658. The van der Waals surface area contributed by atoms with Crippen molar-refractivity contribution in [2.24, 2.45) is 5.73 Å². The molecule has 9 nitrogen and oxygen atoms in total. The van der Waals surface area contributed by atoms with Crippen LogP contribution in [0.1, 0.15) is 12.0 Å². The Morgan fingerprint density at radius 1 is 1.11 bits per heavy atom. The number of hydroxylamine groups is 1. The molecule has 0 bridgehead atoms. The van der Waals surface area contributed by atoms with Crippen molar-refractivity contribution >= 4 is 27.6 Å². The summed E-state index contributed by atoms with van der Waals surface area (Å²) in [7, 11) is -3.98. The zero-order valence-corrected chi connectivity index (χ0v) is 15.7. The second-order valence-corrected chi connectivity index (χ2v) is 7.64. The Kier molecular flexibility index (Phi) is 7.50. The van der Waals surface area contributed by atoms with E-state index in [0.717, 1.165) is 0 Å². The number of hydrogen-bond donors (Lipinski definition) is 3. The predicted octanol–water partition coefficient (Wildman–Crippen LogP) is 0.414. The molecule has 0 unspecified atom stereocenters. The van der Waals surface area contributed by atoms with Crippen LogP contribution in [-0.2, 0) is 30.9 Å². The molecule has 0 heterocycles. The van der Waals surface area contributed by atoms with Gasteiger partial charge in [-0.1, -0.05) is 30.3 Å². The molecule has 0 aliphatic rings. The first-order chi connectivity index (χ1) is 13.3. The lowest BCUT2D eigenvalue weighted by molar-refractivity contribution is -0.153. The first kappa shape index (κ1) is 21.4. The normalized spacial score (nSPS) is 12.3. The summed E-state index contributed by atoms with van der Waals surface area (Å²) in [6, 6.07) is 12.8. The molecular formula is C18H21N4O5S. The van der Waals surface area contributed by atoms with Crippen LogP contribution in [0.25, 0.3) is 0 Å². The smallest absolute Gasteiger partial charge is 0.343 e. The molecule has 0 aliphatic carbocycles. The molecule has 0 fully saturated rings. The molecule has 1 atom stereocenters. The van der Waals surface area contributed by atoms with Gasteiger partial charge in [0.05, 0.1) is 10.6 Å². The van der Waals surface area contributed by atoms with Crippen LogP contribution in [0.4, 0.5) is 5.69 Å². The summed E-state index contributed by atoms with van der Waals surface area (Å²) in [6.45, 7) is 0.00142. The van der Waals surface area contributed by atoms with E-state index in [4.69, 9.17) is 16.3 Å². The van der Waals surface area contributed by atoms with Crippen molar-refractivity contribution in [1.82, 2.24) is 15.9 Å². The zero-order chi connectivity index (χ0) is 20.6. The number of benzene rings is 2. The van der Waals surface area contributed by atoms with E-state index in [1.807, 2.05) is 0 Å². The maximum absolute atomic E-state index is 12.6. The fourth-order valence-corrected chi connectivity index (χ4v) is 3.54. The van der Waals surface area contributed by atoms with Gasteiger partial charge < -0.3 is 16.3 Å². The van der Waals surface area contributed by atoms with E-state index in [9.17, 15) is 18.0 Å². The topological polar surface area (TPSA) is 151 Å². The third-order valence-electron chi connectivity index (χ3n) is 3.65. The Balaban J connectivity index is 2.15. The van der Waals surface area contributed by atoms with E-state index in [1.165, 1.54) is 18.2 Å². The summed E-state index contributed by atoms with van der Waals surface area (Å²) in [4.78, 5) is 28.0. The van der Waals surface area contributed by atoms with Crippen molar-refractivity contribution in [1.29, 1.82) is 0 Å². The summed E-state index contributed by atoms with van der Waals surface area (Å²) in [5.41, 5.74) is 15.8. The second-order valence-electron chi connectivity index (χ2n) is 5.92. The summed E-state index contributed by atoms with van der Waals surface area (Å²) in [5.74, 6) is -1.45. The molecule has 5 N–H and O–H groups in total. The number of sulfonamides is 1. The van der Waals surface area contributed by atoms with Crippen LogP contribution in [0, 0.1) is 0 Å². The molecule has 1 radical (unpaired) electrons. The highest BCUT2D eigenvalue weighted by Crippen LogP contribution is 2.14. The minimum atomic E-state index is -3.98. The Labute approximate surface area is 163 Å². The molecule has 0 saturated carbocycles. The standard InChI is InChI=1S/C18H21N4O5S/c19-14-6-4-5-13(11-14)12-16(18(24)27-21-10-9-17(20)23)22-28(25,26)15-7-2-1-3-8-15/h1-8,11,16,19,21-22H,9-10,12H2,(H2,20,23)/t16-/m0/s1. The Bertz CT molecular complexity index is 919. The van der Waals surface area contributed by atoms with E-state index in [1.54, 1.807) is 36.4 Å². The monoisotopic (exact) mass is 405 g/mol. The maximum Gasteiger partial charge on any atom is 0.343 e. The number of hydrogen-bond acceptors (Lipinski definition) is 6. The maximum atomic E-state index is 12.6. The van der Waals surface area contributed by atoms with Crippen LogP contribution in [0.2, 0.25) is 0 Å². The summed E-state index contributed by atoms with van der Waals surface area (Å²) in [5, 5.41) is 0. The van der Waals surface area contributed by atoms with Gasteiger partial charge in [0.1, 0.15) is 6.04 Å². The number of rotatable bonds is 10. The van der Waals surface area contributed by atoms with Crippen LogP contribution in [0.3, 0.4) is 0 Å². The molecule has 28 heavy (non-hydrogen) atoms. The van der Waals surface area contributed by atoms with Gasteiger partial charge in [-0.05, 0) is 36.2 Å². The minimum absolute atomic E-state index is 0.00142. The Hall–Kier alpha value is -2.95. The van der Waals surface area contributed by atoms with E-state index in [2.05, 4.69) is 10.2 Å². The highest BCUT2D eigenvalue weighted by molar-refractivity contribution is 7.89. The van der Waals surface area contributed by atoms with Crippen LogP contribution in [0.5, 0.6) is 0 Å². The second kappa shape index (κ2) is 9.83. The predicted molar refractivity (Wildman–Crippen MR) is 101 cm³/mol. The van der Waals surface area contributed by atoms with Crippen molar-refractivity contribution in [3.05, 3.63) is 60.2 Å². The average molecular weight is 405 g/mol. The van der Waals surface area contributed by atoms with Gasteiger partial charge in [-0.25, -0.2) is 13.2 Å². The molecule has 2 rings (SSSR count). The van der Waals surface area contributed by atoms with Crippen LogP contribution in [-0.4, -0.2) is 32.9 Å². The molecule has 10 heteroatoms. The van der Waals surface area contributed by atoms with Gasteiger partial charge in [0.25, 0.3) is 0 Å². The highest BCUT2D eigenvalue weighted by Gasteiger charge is 2.27. The van der Waals surface area contributed by atoms with Crippen LogP contribution >= 0.6 is 0 Å². The van der Waals surface area contributed by atoms with Crippen molar-refractivity contribution in [2.75, 3.05) is 6.54 Å². The lowest BCUT2D eigenvalue weighted by Crippen LogP contribution is -2.45. The third kappa shape index (κ3) is 6.65. The molecule has 2 aromatic carbocycles. The number of nitrogens with two attached hydrogens (primary N) is 1. The van der Waals surface area contributed by atoms with Crippen molar-refractivity contribution in [3.8, 4) is 0 Å². The van der Waals surface area contributed by atoms with Gasteiger partial charge >= 0.3 is 5.97 Å². The van der Waals surface area contributed by atoms with Crippen molar-refractivity contribution < 1.29 is 22.8 Å². The Morgan fingerprint density at radius 2 is 1.82 bits per heavy atom. The molecule has 0 saturated heterocycles. The van der Waals surface area contributed by atoms with Crippen molar-refractivity contribution in [3.63, 3.8) is 0 Å². The molecule has 2 aromatic rings. The van der Waals surface area contributed by atoms with Crippen LogP contribution in [0.15, 0.2) is 59.5 Å². The van der Waals surface area contributed by atoms with E-state index in [-0.39, 0.29) is 30.0 Å². The zero-order valence-electron chi connectivity index (χ0n) is 14.9. The van der Waals surface area contributed by atoms with Crippen LogP contribution < -0.4 is 21.7 Å². The molecule has 1 amide bonds. The van der Waals surface area contributed by atoms with E-state index in [0.29, 0.717) is 5.56 Å². The SMILES string of the molecule is [NH]c1cccc(C[C@H](NS(=O)(=O)c2ccccc2)C(=O)ONCCC(N)=O)c1. The molecule has 0 aliphatic heterocycles. The average Bonchev–Trinajstić information content (AvgIpc) is 2.65. The number of carbonyl (C=O) groups is 2. The van der Waals surface area contributed by atoms with Crippen molar-refractivity contribution in [2.45, 2.75) is 23.8 Å². The first-order valence-electron chi connectivity index (χ1n) is 8.38. The number of nitrogens with one attached hydrogen (secondary N) is 3.